The van der Waals surface area contributed by atoms with Crippen molar-refractivity contribution in [2.24, 2.45) is 0 Å². The van der Waals surface area contributed by atoms with Crippen molar-refractivity contribution in [2.45, 2.75) is 25.3 Å². The fraction of sp³-hybridized carbons (Fsp3) is 0.294. The summed E-state index contributed by atoms with van der Waals surface area (Å²) >= 11 is 0. The summed E-state index contributed by atoms with van der Waals surface area (Å²) < 4.78 is 27.4. The zero-order valence-corrected chi connectivity index (χ0v) is 11.7. The van der Waals surface area contributed by atoms with Crippen molar-refractivity contribution in [3.63, 3.8) is 0 Å². The molecule has 0 radical (unpaired) electrons. The van der Waals surface area contributed by atoms with Crippen LogP contribution in [0.25, 0.3) is 0 Å². The SMILES string of the molecule is CCC(c1ccccc1)C(NC)c1cc(F)ccc1F. The molecule has 3 heteroatoms. The predicted octanol–water partition coefficient (Wildman–Crippen LogP) is 4.42. The molecule has 0 bridgehead atoms. The van der Waals surface area contributed by atoms with Gasteiger partial charge in [-0.3, -0.25) is 0 Å². The van der Waals surface area contributed by atoms with E-state index in [1.54, 1.807) is 7.05 Å². The number of hydrogen-bond donors (Lipinski definition) is 1. The van der Waals surface area contributed by atoms with Gasteiger partial charge in [-0.15, -0.1) is 0 Å². The average molecular weight is 275 g/mol. The molecule has 2 unspecified atom stereocenters. The predicted molar refractivity (Wildman–Crippen MR) is 77.6 cm³/mol. The Kier molecular flexibility index (Phi) is 4.85. The Bertz CT molecular complexity index is 554. The van der Waals surface area contributed by atoms with Crippen LogP contribution in [0, 0.1) is 11.6 Å². The second-order valence-electron chi connectivity index (χ2n) is 4.86. The number of likely N-dealkylation sites (N-methyl/N-ethyl adjacent to an activating group) is 1. The summed E-state index contributed by atoms with van der Waals surface area (Å²) in [6, 6.07) is 13.3. The Balaban J connectivity index is 2.42. The van der Waals surface area contributed by atoms with Gasteiger partial charge >= 0.3 is 0 Å². The zero-order chi connectivity index (χ0) is 14.5. The van der Waals surface area contributed by atoms with E-state index in [1.165, 1.54) is 12.1 Å². The minimum Gasteiger partial charge on any atom is -0.312 e. The van der Waals surface area contributed by atoms with Crippen molar-refractivity contribution in [3.05, 3.63) is 71.3 Å². The van der Waals surface area contributed by atoms with Crippen LogP contribution < -0.4 is 5.32 Å². The maximum atomic E-state index is 14.0. The molecule has 2 aromatic rings. The molecule has 1 nitrogen and oxygen atoms in total. The van der Waals surface area contributed by atoms with Crippen LogP contribution in [0.1, 0.15) is 36.4 Å². The van der Waals surface area contributed by atoms with Gasteiger partial charge in [-0.2, -0.15) is 0 Å². The average Bonchev–Trinajstić information content (AvgIpc) is 2.48. The highest BCUT2D eigenvalue weighted by Gasteiger charge is 2.24. The smallest absolute Gasteiger partial charge is 0.128 e. The summed E-state index contributed by atoms with van der Waals surface area (Å²) in [6.45, 7) is 2.05. The van der Waals surface area contributed by atoms with Gasteiger partial charge in [-0.05, 0) is 37.2 Å². The molecule has 0 saturated carbocycles. The number of nitrogens with one attached hydrogen (secondary N) is 1. The fourth-order valence-corrected chi connectivity index (χ4v) is 2.69. The van der Waals surface area contributed by atoms with Crippen LogP contribution in [0.3, 0.4) is 0 Å². The Morgan fingerprint density at radius 1 is 1.05 bits per heavy atom. The fourth-order valence-electron chi connectivity index (χ4n) is 2.69. The standard InChI is InChI=1S/C17H19F2N/c1-3-14(12-7-5-4-6-8-12)17(20-2)15-11-13(18)9-10-16(15)19/h4-11,14,17,20H,3H2,1-2H3. The third-order valence-electron chi connectivity index (χ3n) is 3.67. The van der Waals surface area contributed by atoms with Crippen molar-refractivity contribution < 1.29 is 8.78 Å². The van der Waals surface area contributed by atoms with E-state index in [2.05, 4.69) is 12.2 Å². The molecule has 0 saturated heterocycles. The minimum absolute atomic E-state index is 0.0949. The molecular weight excluding hydrogens is 256 g/mol. The molecule has 0 aliphatic carbocycles. The molecule has 2 aromatic carbocycles. The van der Waals surface area contributed by atoms with E-state index in [-0.39, 0.29) is 17.8 Å². The lowest BCUT2D eigenvalue weighted by Gasteiger charge is -2.27. The first-order valence-corrected chi connectivity index (χ1v) is 6.84. The lowest BCUT2D eigenvalue weighted by Crippen LogP contribution is -2.24. The quantitative estimate of drug-likeness (QED) is 0.851. The van der Waals surface area contributed by atoms with Gasteiger partial charge in [0.05, 0.1) is 0 Å². The second-order valence-corrected chi connectivity index (χ2v) is 4.86. The van der Waals surface area contributed by atoms with Crippen molar-refractivity contribution in [2.75, 3.05) is 7.05 Å². The van der Waals surface area contributed by atoms with Gasteiger partial charge < -0.3 is 5.32 Å². The number of halogens is 2. The maximum Gasteiger partial charge on any atom is 0.128 e. The molecule has 0 amide bonds. The lowest BCUT2D eigenvalue weighted by molar-refractivity contribution is 0.443. The first-order valence-electron chi connectivity index (χ1n) is 6.84. The van der Waals surface area contributed by atoms with Gasteiger partial charge in [0.2, 0.25) is 0 Å². The highest BCUT2D eigenvalue weighted by Crippen LogP contribution is 2.34. The van der Waals surface area contributed by atoms with E-state index in [1.807, 2.05) is 30.3 Å². The number of benzene rings is 2. The van der Waals surface area contributed by atoms with E-state index in [0.29, 0.717) is 5.56 Å². The second kappa shape index (κ2) is 6.62. The van der Waals surface area contributed by atoms with E-state index < -0.39 is 5.82 Å². The number of hydrogen-bond acceptors (Lipinski definition) is 1. The van der Waals surface area contributed by atoms with Crippen LogP contribution in [0.2, 0.25) is 0 Å². The maximum absolute atomic E-state index is 14.0. The van der Waals surface area contributed by atoms with Crippen LogP contribution in [0.5, 0.6) is 0 Å². The topological polar surface area (TPSA) is 12.0 Å². The molecule has 0 spiro atoms. The zero-order valence-electron chi connectivity index (χ0n) is 11.7. The molecule has 0 fully saturated rings. The summed E-state index contributed by atoms with van der Waals surface area (Å²) in [4.78, 5) is 0. The van der Waals surface area contributed by atoms with Crippen LogP contribution in [0.15, 0.2) is 48.5 Å². The minimum atomic E-state index is -0.412. The normalized spacial score (nSPS) is 14.0. The highest BCUT2D eigenvalue weighted by molar-refractivity contribution is 5.29. The molecule has 2 atom stereocenters. The van der Waals surface area contributed by atoms with Gasteiger partial charge in [-0.1, -0.05) is 37.3 Å². The van der Waals surface area contributed by atoms with Crippen molar-refractivity contribution in [1.29, 1.82) is 0 Å². The first-order chi connectivity index (χ1) is 9.67. The third kappa shape index (κ3) is 3.05. The van der Waals surface area contributed by atoms with Gasteiger partial charge in [0, 0.05) is 17.5 Å². The molecule has 0 aliphatic rings. The molecule has 2 rings (SSSR count). The largest absolute Gasteiger partial charge is 0.312 e. The van der Waals surface area contributed by atoms with E-state index in [4.69, 9.17) is 0 Å². The molecule has 1 N–H and O–H groups in total. The molecule has 0 aliphatic heterocycles. The summed E-state index contributed by atoms with van der Waals surface area (Å²) in [5.41, 5.74) is 1.50. The summed E-state index contributed by atoms with van der Waals surface area (Å²) in [5, 5.41) is 3.13. The van der Waals surface area contributed by atoms with Crippen molar-refractivity contribution in [1.82, 2.24) is 5.32 Å². The van der Waals surface area contributed by atoms with E-state index in [9.17, 15) is 8.78 Å². The van der Waals surface area contributed by atoms with Crippen LogP contribution in [-0.4, -0.2) is 7.05 Å². The van der Waals surface area contributed by atoms with Gasteiger partial charge in [0.15, 0.2) is 0 Å². The molecule has 20 heavy (non-hydrogen) atoms. The first kappa shape index (κ1) is 14.7. The van der Waals surface area contributed by atoms with Crippen molar-refractivity contribution in [3.8, 4) is 0 Å². The van der Waals surface area contributed by atoms with Crippen LogP contribution >= 0.6 is 0 Å². The summed E-state index contributed by atoms with van der Waals surface area (Å²) in [7, 11) is 1.78. The molecule has 0 heterocycles. The third-order valence-corrected chi connectivity index (χ3v) is 3.67. The van der Waals surface area contributed by atoms with Gasteiger partial charge in [0.1, 0.15) is 11.6 Å². The van der Waals surface area contributed by atoms with Gasteiger partial charge in [-0.25, -0.2) is 8.78 Å². The van der Waals surface area contributed by atoms with E-state index in [0.717, 1.165) is 18.1 Å². The summed E-state index contributed by atoms with van der Waals surface area (Å²) in [5.74, 6) is -0.692. The highest BCUT2D eigenvalue weighted by atomic mass is 19.1. The van der Waals surface area contributed by atoms with E-state index >= 15 is 0 Å². The Hall–Kier alpha value is -1.74. The van der Waals surface area contributed by atoms with Gasteiger partial charge in [0.25, 0.3) is 0 Å². The van der Waals surface area contributed by atoms with Crippen LogP contribution in [0.4, 0.5) is 8.78 Å². The summed E-state index contributed by atoms with van der Waals surface area (Å²) in [6.07, 6.45) is 0.839. The Morgan fingerprint density at radius 2 is 1.75 bits per heavy atom. The molecule has 0 aromatic heterocycles. The van der Waals surface area contributed by atoms with Crippen molar-refractivity contribution >= 4 is 0 Å². The number of rotatable bonds is 5. The lowest BCUT2D eigenvalue weighted by atomic mass is 9.85. The Morgan fingerprint density at radius 3 is 2.35 bits per heavy atom. The van der Waals surface area contributed by atoms with Crippen LogP contribution in [-0.2, 0) is 0 Å². The Labute approximate surface area is 118 Å². The molecular formula is C17H19F2N. The monoisotopic (exact) mass is 275 g/mol. The molecule has 106 valence electrons.